The predicted molar refractivity (Wildman–Crippen MR) is 163 cm³/mol. The van der Waals surface area contributed by atoms with Gasteiger partial charge < -0.3 is 26.6 Å². The van der Waals surface area contributed by atoms with Crippen LogP contribution in [0.5, 0.6) is 11.6 Å². The van der Waals surface area contributed by atoms with Crippen LogP contribution in [0.15, 0.2) is 54.7 Å². The summed E-state index contributed by atoms with van der Waals surface area (Å²) in [6.45, 7) is 11.6. The lowest BCUT2D eigenvalue weighted by molar-refractivity contribution is 0.102. The summed E-state index contributed by atoms with van der Waals surface area (Å²) < 4.78 is 7.58. The first kappa shape index (κ1) is 30.3. The number of ether oxygens (including phenoxy) is 1. The summed E-state index contributed by atoms with van der Waals surface area (Å²) in [6.07, 6.45) is 4.08. The highest BCUT2D eigenvalue weighted by atomic mass is 16.5. The van der Waals surface area contributed by atoms with Crippen LogP contribution in [0.3, 0.4) is 0 Å². The van der Waals surface area contributed by atoms with Gasteiger partial charge in [0, 0.05) is 29.9 Å². The number of nitrogens with zero attached hydrogens (tertiary/aromatic N) is 4. The van der Waals surface area contributed by atoms with E-state index >= 15 is 0 Å². The minimum absolute atomic E-state index is 0.121. The first-order chi connectivity index (χ1) is 19.9. The molecule has 0 atom stereocenters. The van der Waals surface area contributed by atoms with E-state index < -0.39 is 6.09 Å². The van der Waals surface area contributed by atoms with Crippen molar-refractivity contribution in [3.05, 3.63) is 77.0 Å². The summed E-state index contributed by atoms with van der Waals surface area (Å²) in [7, 11) is 0. The number of hydrogen-bond donors (Lipinski definition) is 4. The van der Waals surface area contributed by atoms with Crippen molar-refractivity contribution in [2.45, 2.75) is 58.9 Å². The SMILES string of the molecule is Cc1ccc(Oc2ccc3nc(N)cn3n2)cc1NC(=O)c1cccc(CN2CCCCC2)c1C(C)(C)C.NC(=O)O. The molecule has 1 saturated heterocycles. The Bertz CT molecular complexity index is 1570. The number of carbonyl (C=O) groups excluding carboxylic acids is 1. The number of nitrogens with two attached hydrogens (primary N) is 2. The molecule has 3 heterocycles. The number of nitrogen functional groups attached to an aromatic ring is 1. The van der Waals surface area contributed by atoms with Crippen molar-refractivity contribution in [2.75, 3.05) is 24.1 Å². The molecule has 11 heteroatoms. The fraction of sp³-hybridized carbons (Fsp3) is 0.355. The van der Waals surface area contributed by atoms with Crippen LogP contribution >= 0.6 is 0 Å². The van der Waals surface area contributed by atoms with Crippen LogP contribution in [-0.4, -0.2) is 49.7 Å². The van der Waals surface area contributed by atoms with E-state index in [2.05, 4.69) is 52.9 Å². The molecule has 1 aliphatic rings. The minimum Gasteiger partial charge on any atom is -0.465 e. The topological polar surface area (TPSA) is 161 Å². The lowest BCUT2D eigenvalue weighted by Crippen LogP contribution is -2.31. The summed E-state index contributed by atoms with van der Waals surface area (Å²) >= 11 is 0. The van der Waals surface area contributed by atoms with Gasteiger partial charge in [-0.3, -0.25) is 9.69 Å². The van der Waals surface area contributed by atoms with Gasteiger partial charge in [0.25, 0.3) is 5.91 Å². The lowest BCUT2D eigenvalue weighted by atomic mass is 9.80. The number of benzene rings is 2. The Morgan fingerprint density at radius 1 is 1.07 bits per heavy atom. The molecule has 5 rings (SSSR count). The summed E-state index contributed by atoms with van der Waals surface area (Å²) in [4.78, 5) is 29.2. The molecule has 1 aliphatic heterocycles. The van der Waals surface area contributed by atoms with Gasteiger partial charge in [0.2, 0.25) is 5.88 Å². The molecule has 42 heavy (non-hydrogen) atoms. The lowest BCUT2D eigenvalue weighted by Gasteiger charge is -2.31. The van der Waals surface area contributed by atoms with Crippen molar-refractivity contribution >= 4 is 29.2 Å². The Morgan fingerprint density at radius 3 is 2.48 bits per heavy atom. The zero-order valence-electron chi connectivity index (χ0n) is 24.6. The van der Waals surface area contributed by atoms with E-state index in [0.29, 0.717) is 34.3 Å². The Kier molecular flexibility index (Phi) is 9.31. The van der Waals surface area contributed by atoms with Crippen molar-refractivity contribution < 1.29 is 19.4 Å². The third-order valence-corrected chi connectivity index (χ3v) is 6.98. The van der Waals surface area contributed by atoms with E-state index in [4.69, 9.17) is 20.4 Å². The van der Waals surface area contributed by atoms with E-state index in [1.54, 1.807) is 22.8 Å². The smallest absolute Gasteiger partial charge is 0.402 e. The van der Waals surface area contributed by atoms with Crippen LogP contribution in [0.1, 0.15) is 67.1 Å². The quantitative estimate of drug-likeness (QED) is 0.233. The van der Waals surface area contributed by atoms with Crippen molar-refractivity contribution in [3.8, 4) is 11.6 Å². The van der Waals surface area contributed by atoms with Crippen LogP contribution in [0.25, 0.3) is 5.65 Å². The van der Waals surface area contributed by atoms with Gasteiger partial charge in [-0.2, -0.15) is 0 Å². The summed E-state index contributed by atoms with van der Waals surface area (Å²) in [6, 6.07) is 15.2. The van der Waals surface area contributed by atoms with E-state index in [0.717, 1.165) is 30.8 Å². The van der Waals surface area contributed by atoms with Crippen molar-refractivity contribution in [2.24, 2.45) is 5.73 Å². The second kappa shape index (κ2) is 12.9. The van der Waals surface area contributed by atoms with Crippen molar-refractivity contribution in [3.63, 3.8) is 0 Å². The van der Waals surface area contributed by atoms with Gasteiger partial charge in [-0.15, -0.1) is 5.10 Å². The number of carboxylic acid groups (broad SMARTS) is 1. The summed E-state index contributed by atoms with van der Waals surface area (Å²) in [5, 5.41) is 14.7. The Balaban J connectivity index is 0.000000952. The maximum Gasteiger partial charge on any atom is 0.402 e. The molecular weight excluding hydrogens is 534 g/mol. The van der Waals surface area contributed by atoms with Crippen molar-refractivity contribution in [1.82, 2.24) is 19.5 Å². The van der Waals surface area contributed by atoms with E-state index in [9.17, 15) is 4.79 Å². The Labute approximate surface area is 245 Å². The van der Waals surface area contributed by atoms with Crippen molar-refractivity contribution in [1.29, 1.82) is 0 Å². The fourth-order valence-corrected chi connectivity index (χ4v) is 5.21. The molecule has 6 N–H and O–H groups in total. The molecule has 4 aromatic rings. The number of amides is 2. The molecule has 2 aromatic heterocycles. The van der Waals surface area contributed by atoms with Gasteiger partial charge in [-0.25, -0.2) is 14.3 Å². The van der Waals surface area contributed by atoms with Crippen LogP contribution in [-0.2, 0) is 12.0 Å². The highest BCUT2D eigenvalue weighted by Crippen LogP contribution is 2.32. The summed E-state index contributed by atoms with van der Waals surface area (Å²) in [5.74, 6) is 1.24. The number of carbonyl (C=O) groups is 2. The molecule has 11 nitrogen and oxygen atoms in total. The molecule has 1 fully saturated rings. The molecule has 2 amide bonds. The zero-order valence-corrected chi connectivity index (χ0v) is 24.6. The van der Waals surface area contributed by atoms with Crippen LogP contribution < -0.4 is 21.5 Å². The number of imidazole rings is 1. The minimum atomic E-state index is -1.33. The molecule has 2 aromatic carbocycles. The molecule has 0 radical (unpaired) electrons. The second-order valence-corrected chi connectivity index (χ2v) is 11.4. The van der Waals surface area contributed by atoms with Gasteiger partial charge >= 0.3 is 6.09 Å². The highest BCUT2D eigenvalue weighted by molar-refractivity contribution is 6.06. The number of anilines is 2. The zero-order chi connectivity index (χ0) is 30.4. The average Bonchev–Trinajstić information content (AvgIpc) is 3.29. The second-order valence-electron chi connectivity index (χ2n) is 11.4. The molecule has 0 unspecified atom stereocenters. The van der Waals surface area contributed by atoms with Gasteiger partial charge in [0.05, 0.1) is 6.20 Å². The van der Waals surface area contributed by atoms with E-state index in [1.165, 1.54) is 24.8 Å². The fourth-order valence-electron chi connectivity index (χ4n) is 5.21. The monoisotopic (exact) mass is 573 g/mol. The average molecular weight is 574 g/mol. The number of aromatic nitrogens is 3. The molecule has 0 aliphatic carbocycles. The summed E-state index contributed by atoms with van der Waals surface area (Å²) in [5.41, 5.74) is 14.9. The third-order valence-electron chi connectivity index (χ3n) is 6.98. The maximum atomic E-state index is 13.7. The van der Waals surface area contributed by atoms with E-state index in [-0.39, 0.29) is 11.3 Å². The van der Waals surface area contributed by atoms with Gasteiger partial charge in [0.1, 0.15) is 11.6 Å². The number of primary amides is 1. The number of fused-ring (bicyclic) bond motifs is 1. The van der Waals surface area contributed by atoms with Gasteiger partial charge in [-0.05, 0) is 73.2 Å². The van der Waals surface area contributed by atoms with Crippen LogP contribution in [0, 0.1) is 6.92 Å². The standard InChI is InChI=1S/C30H36N6O2.CH3NO2/c1-20-11-12-22(38-27-14-13-26-33-25(31)19-36(26)34-27)17-24(20)32-29(37)23-10-8-9-21(28(23)30(2,3)4)18-35-15-6-5-7-16-35;2-1(3)4/h8-14,17,19H,5-7,15-16,18,31H2,1-4H3,(H,32,37);2H2,(H,3,4). The normalized spacial score (nSPS) is 13.7. The molecule has 0 saturated carbocycles. The number of hydrogen-bond acceptors (Lipinski definition) is 7. The Hall–Kier alpha value is -4.64. The van der Waals surface area contributed by atoms with Crippen LogP contribution in [0.4, 0.5) is 16.3 Å². The number of rotatable bonds is 6. The number of nitrogens with one attached hydrogen (secondary N) is 1. The molecular formula is C31H39N7O4. The number of likely N-dealkylation sites (tertiary alicyclic amines) is 1. The third kappa shape index (κ3) is 7.76. The number of aryl methyl sites for hydroxylation is 1. The molecule has 222 valence electrons. The van der Waals surface area contributed by atoms with E-state index in [1.807, 2.05) is 37.3 Å². The molecule has 0 bridgehead atoms. The molecule has 0 spiro atoms. The van der Waals surface area contributed by atoms with Gasteiger partial charge in [-0.1, -0.05) is 45.4 Å². The number of piperidine rings is 1. The van der Waals surface area contributed by atoms with Crippen LogP contribution in [0.2, 0.25) is 0 Å². The maximum absolute atomic E-state index is 13.7. The largest absolute Gasteiger partial charge is 0.465 e. The predicted octanol–water partition coefficient (Wildman–Crippen LogP) is 5.57. The first-order valence-corrected chi connectivity index (χ1v) is 14.0. The highest BCUT2D eigenvalue weighted by Gasteiger charge is 2.26. The Morgan fingerprint density at radius 2 is 1.79 bits per heavy atom. The van der Waals surface area contributed by atoms with Gasteiger partial charge in [0.15, 0.2) is 5.65 Å². The first-order valence-electron chi connectivity index (χ1n) is 14.0.